The Labute approximate surface area is 133 Å². The third-order valence-corrected chi connectivity index (χ3v) is 5.43. The number of benzene rings is 1. The number of nitrogens with zero attached hydrogens (tertiary/aromatic N) is 1. The van der Waals surface area contributed by atoms with E-state index < -0.39 is 28.0 Å². The zero-order valence-electron chi connectivity index (χ0n) is 12.5. The highest BCUT2D eigenvalue weighted by Crippen LogP contribution is 2.27. The summed E-state index contributed by atoms with van der Waals surface area (Å²) in [5.74, 6) is -1.39. The van der Waals surface area contributed by atoms with Crippen LogP contribution in [0.2, 0.25) is 0 Å². The van der Waals surface area contributed by atoms with Crippen LogP contribution in [0, 0.1) is 0 Å². The lowest BCUT2D eigenvalue weighted by atomic mass is 10.2. The number of methoxy groups -OCH3 is 1. The van der Waals surface area contributed by atoms with Gasteiger partial charge in [-0.3, -0.25) is 4.79 Å². The number of esters is 1. The first-order chi connectivity index (χ1) is 10.9. The number of sulfonamides is 1. The molecule has 1 saturated heterocycles. The van der Waals surface area contributed by atoms with Crippen molar-refractivity contribution in [3.05, 3.63) is 24.3 Å². The fourth-order valence-corrected chi connectivity index (χ4v) is 3.97. The molecule has 0 bridgehead atoms. The van der Waals surface area contributed by atoms with Crippen molar-refractivity contribution in [2.45, 2.75) is 23.8 Å². The van der Waals surface area contributed by atoms with E-state index in [2.05, 4.69) is 4.74 Å². The fourth-order valence-electron chi connectivity index (χ4n) is 2.32. The van der Waals surface area contributed by atoms with Gasteiger partial charge in [0, 0.05) is 6.54 Å². The van der Waals surface area contributed by atoms with Gasteiger partial charge in [-0.25, -0.2) is 13.2 Å². The highest BCUT2D eigenvalue weighted by Gasteiger charge is 2.39. The number of hydrogen-bond acceptors (Lipinski definition) is 6. The minimum Gasteiger partial charge on any atom is -0.482 e. The Kier molecular flexibility index (Phi) is 5.22. The molecule has 9 heteroatoms. The highest BCUT2D eigenvalue weighted by atomic mass is 32.2. The second kappa shape index (κ2) is 6.97. The van der Waals surface area contributed by atoms with Crippen LogP contribution >= 0.6 is 0 Å². The molecular weight excluding hydrogens is 326 g/mol. The molecule has 0 aromatic heterocycles. The molecule has 0 unspecified atom stereocenters. The van der Waals surface area contributed by atoms with E-state index in [1.807, 2.05) is 0 Å². The summed E-state index contributed by atoms with van der Waals surface area (Å²) >= 11 is 0. The van der Waals surface area contributed by atoms with Crippen molar-refractivity contribution in [2.75, 3.05) is 20.3 Å². The molecule has 126 valence electrons. The van der Waals surface area contributed by atoms with Gasteiger partial charge in [-0.2, -0.15) is 4.31 Å². The summed E-state index contributed by atoms with van der Waals surface area (Å²) in [5.41, 5.74) is 0. The smallest absolute Gasteiger partial charge is 0.343 e. The van der Waals surface area contributed by atoms with Gasteiger partial charge in [0.25, 0.3) is 0 Å². The van der Waals surface area contributed by atoms with Crippen molar-refractivity contribution in [2.24, 2.45) is 0 Å². The molecule has 1 aliphatic rings. The molecule has 1 aromatic rings. The number of ether oxygens (including phenoxy) is 2. The molecule has 1 aliphatic heterocycles. The molecule has 0 radical (unpaired) electrons. The highest BCUT2D eigenvalue weighted by molar-refractivity contribution is 7.89. The van der Waals surface area contributed by atoms with Gasteiger partial charge in [0.1, 0.15) is 11.8 Å². The lowest BCUT2D eigenvalue weighted by Crippen LogP contribution is -2.40. The monoisotopic (exact) mass is 343 g/mol. The fraction of sp³-hybridized carbons (Fsp3) is 0.429. The van der Waals surface area contributed by atoms with Crippen LogP contribution in [0.15, 0.2) is 29.2 Å². The van der Waals surface area contributed by atoms with E-state index in [-0.39, 0.29) is 18.0 Å². The summed E-state index contributed by atoms with van der Waals surface area (Å²) in [6.07, 6.45) is 0.811. The SMILES string of the molecule is COC(=O)COc1ccc(S(=O)(=O)N2CCC[C@H]2C(=O)O)cc1. The summed E-state index contributed by atoms with van der Waals surface area (Å²) in [7, 11) is -2.65. The van der Waals surface area contributed by atoms with E-state index in [4.69, 9.17) is 9.84 Å². The molecule has 1 aromatic carbocycles. The normalized spacial score (nSPS) is 18.6. The zero-order valence-corrected chi connectivity index (χ0v) is 13.3. The number of hydrogen-bond donors (Lipinski definition) is 1. The third kappa shape index (κ3) is 3.80. The number of carboxylic acid groups (broad SMARTS) is 1. The lowest BCUT2D eigenvalue weighted by Gasteiger charge is -2.21. The Hall–Kier alpha value is -2.13. The molecule has 2 rings (SSSR count). The van der Waals surface area contributed by atoms with Gasteiger partial charge < -0.3 is 14.6 Å². The molecule has 0 saturated carbocycles. The van der Waals surface area contributed by atoms with Crippen LogP contribution in [0.1, 0.15) is 12.8 Å². The molecular formula is C14H17NO7S. The van der Waals surface area contributed by atoms with Crippen molar-refractivity contribution < 1.29 is 32.6 Å². The van der Waals surface area contributed by atoms with Crippen molar-refractivity contribution in [3.8, 4) is 5.75 Å². The van der Waals surface area contributed by atoms with Gasteiger partial charge in [-0.1, -0.05) is 0 Å². The van der Waals surface area contributed by atoms with Crippen molar-refractivity contribution in [1.82, 2.24) is 4.31 Å². The van der Waals surface area contributed by atoms with Crippen molar-refractivity contribution >= 4 is 22.0 Å². The van der Waals surface area contributed by atoms with E-state index in [9.17, 15) is 18.0 Å². The van der Waals surface area contributed by atoms with Crippen LogP contribution in [0.5, 0.6) is 5.75 Å². The predicted molar refractivity (Wildman–Crippen MR) is 78.5 cm³/mol. The van der Waals surface area contributed by atoms with Crippen LogP contribution in [-0.4, -0.2) is 56.1 Å². The van der Waals surface area contributed by atoms with Gasteiger partial charge in [0.15, 0.2) is 6.61 Å². The van der Waals surface area contributed by atoms with Gasteiger partial charge in [-0.15, -0.1) is 0 Å². The van der Waals surface area contributed by atoms with Crippen LogP contribution in [0.3, 0.4) is 0 Å². The first-order valence-electron chi connectivity index (χ1n) is 6.90. The molecule has 23 heavy (non-hydrogen) atoms. The summed E-state index contributed by atoms with van der Waals surface area (Å²) in [5, 5.41) is 9.11. The van der Waals surface area contributed by atoms with Crippen LogP contribution in [-0.2, 0) is 24.3 Å². The van der Waals surface area contributed by atoms with Crippen LogP contribution in [0.4, 0.5) is 0 Å². The second-order valence-corrected chi connectivity index (χ2v) is 6.84. The topological polar surface area (TPSA) is 110 Å². The molecule has 1 N–H and O–H groups in total. The van der Waals surface area contributed by atoms with Crippen LogP contribution < -0.4 is 4.74 Å². The van der Waals surface area contributed by atoms with Gasteiger partial charge >= 0.3 is 11.9 Å². The van der Waals surface area contributed by atoms with E-state index in [0.717, 1.165) is 4.31 Å². The first kappa shape index (κ1) is 17.2. The lowest BCUT2D eigenvalue weighted by molar-refractivity contribution is -0.143. The molecule has 1 atom stereocenters. The average molecular weight is 343 g/mol. The number of carbonyl (C=O) groups is 2. The summed E-state index contributed by atoms with van der Waals surface area (Å²) in [4.78, 5) is 22.1. The standard InChI is InChI=1S/C14H17NO7S/c1-21-13(16)9-22-10-4-6-11(7-5-10)23(19,20)15-8-2-3-12(15)14(17)18/h4-7,12H,2-3,8-9H2,1H3,(H,17,18)/t12-/m0/s1. The Balaban J connectivity index is 2.14. The number of rotatable bonds is 6. The van der Waals surface area contributed by atoms with Gasteiger partial charge in [0.2, 0.25) is 10.0 Å². The number of carboxylic acids is 1. The summed E-state index contributed by atoms with van der Waals surface area (Å²) < 4.78 is 35.6. The third-order valence-electron chi connectivity index (χ3n) is 3.50. The average Bonchev–Trinajstić information content (AvgIpc) is 3.03. The van der Waals surface area contributed by atoms with Gasteiger partial charge in [-0.05, 0) is 37.1 Å². The van der Waals surface area contributed by atoms with Gasteiger partial charge in [0.05, 0.1) is 12.0 Å². The minimum absolute atomic E-state index is 0.0175. The molecule has 0 spiro atoms. The first-order valence-corrected chi connectivity index (χ1v) is 8.34. The second-order valence-electron chi connectivity index (χ2n) is 4.95. The van der Waals surface area contributed by atoms with E-state index in [1.165, 1.54) is 31.4 Å². The summed E-state index contributed by atoms with van der Waals surface area (Å²) in [6.45, 7) is -0.101. The Morgan fingerprint density at radius 3 is 2.52 bits per heavy atom. The van der Waals surface area contributed by atoms with E-state index >= 15 is 0 Å². The molecule has 1 fully saturated rings. The molecule has 8 nitrogen and oxygen atoms in total. The number of carbonyl (C=O) groups excluding carboxylic acids is 1. The number of aliphatic carboxylic acids is 1. The van der Waals surface area contributed by atoms with Crippen LogP contribution in [0.25, 0.3) is 0 Å². The Morgan fingerprint density at radius 2 is 1.96 bits per heavy atom. The largest absolute Gasteiger partial charge is 0.482 e. The maximum Gasteiger partial charge on any atom is 0.343 e. The van der Waals surface area contributed by atoms with E-state index in [1.54, 1.807) is 0 Å². The summed E-state index contributed by atoms with van der Waals surface area (Å²) in [6, 6.07) is 4.41. The zero-order chi connectivity index (χ0) is 17.0. The maximum absolute atomic E-state index is 12.5. The quantitative estimate of drug-likeness (QED) is 0.748. The predicted octanol–water partition coefficient (Wildman–Crippen LogP) is 0.476. The van der Waals surface area contributed by atoms with E-state index in [0.29, 0.717) is 18.6 Å². The van der Waals surface area contributed by atoms with Crippen molar-refractivity contribution in [1.29, 1.82) is 0 Å². The molecule has 1 heterocycles. The Morgan fingerprint density at radius 1 is 1.30 bits per heavy atom. The van der Waals surface area contributed by atoms with Crippen molar-refractivity contribution in [3.63, 3.8) is 0 Å². The maximum atomic E-state index is 12.5. The molecule has 0 amide bonds. The minimum atomic E-state index is -3.88. The molecule has 0 aliphatic carbocycles. The Bertz CT molecular complexity index is 684.